The standard InChI is InChI=1S/C33H61NO11.C33H43NO5/c1-3-4-13-32(44)22(2)33(45)21-31(43)20-30(42)18-26(38)11-6-10-25(37)17-29(41)19-28(40)16-24(36)9-5-8-23(35)15-27(39)12-7-14-34;1-4-5-6-7-12-16-19-22-28(35)27(3)33(39)26(2)21-18-15-13-10-8-9-11-14-17-20-23-31(38)34-32-29(36)24-25-30(32)37/h3-6,9,11,22-32,35-44H,7-8,10,12-21,34H2,1-2H3;4-12,14,16-23,26-28,33,35-36,39H,13,15,24-25H2,1-3H3,(H,34,38)/b4-3+,9-5+,11-6+;5-4+,7-6+,10-8+,11-9+,16-12+,17-14+,21-18+,22-19+,23-20+. The smallest absolute Gasteiger partial charge is 0.248 e. The number of hydrogen-bond acceptors (Lipinski definition) is 17. The van der Waals surface area contributed by atoms with Crippen LogP contribution < -0.4 is 11.1 Å². The molecule has 1 aliphatic carbocycles. The summed E-state index contributed by atoms with van der Waals surface area (Å²) in [5.41, 5.74) is 5.39. The maximum Gasteiger partial charge on any atom is 0.248 e. The number of amides is 1. The second kappa shape index (κ2) is 48.9. The Morgan fingerprint density at radius 1 is 0.536 bits per heavy atom. The predicted octanol–water partition coefficient (Wildman–Crippen LogP) is 6.16. The van der Waals surface area contributed by atoms with Gasteiger partial charge in [0, 0.05) is 55.9 Å². The maximum atomic E-state index is 12.3. The van der Waals surface area contributed by atoms with E-state index in [4.69, 9.17) is 5.73 Å². The van der Waals surface area contributed by atoms with Crippen LogP contribution in [0.3, 0.4) is 0 Å². The molecule has 0 bridgehead atoms. The summed E-state index contributed by atoms with van der Waals surface area (Å²) in [7, 11) is 0. The highest BCUT2D eigenvalue weighted by molar-refractivity contribution is 6.03. The molecule has 18 heteroatoms. The number of hydrogen-bond donors (Lipinski definition) is 15. The average molecular weight is 1180 g/mol. The molecular weight excluding hydrogens is 1080 g/mol. The first-order valence-corrected chi connectivity index (χ1v) is 29.5. The third-order valence-electron chi connectivity index (χ3n) is 13.6. The predicted molar refractivity (Wildman–Crippen MR) is 331 cm³/mol. The molecule has 0 aromatic heterocycles. The minimum atomic E-state index is -1.12. The lowest BCUT2D eigenvalue weighted by Crippen LogP contribution is -2.32. The zero-order valence-corrected chi connectivity index (χ0v) is 50.2. The SMILES string of the molecule is C/C=C/C=C/C=C/C=C/C(O)C(C)C(O)C(C)/C=C/CC/C=C/C=C/C=C/C=C/C(=O)NC1=C(O)CCC1=O.C/C=C/CC(O)C(C)C(=O)CC(O)CC(O)CC(O)/C=C/CC(O)CC(O)CC(O)CC(O)/C=C/CC(O)CC(O)CCCN. The van der Waals surface area contributed by atoms with E-state index in [0.717, 1.165) is 12.8 Å². The van der Waals surface area contributed by atoms with Gasteiger partial charge in [-0.1, -0.05) is 161 Å². The van der Waals surface area contributed by atoms with E-state index >= 15 is 0 Å². The number of Topliss-reactive ketones (excluding diaryl/α,β-unsaturated/α-hetero) is 2. The molecule has 0 fully saturated rings. The van der Waals surface area contributed by atoms with Crippen LogP contribution in [0.15, 0.2) is 157 Å². The Balaban J connectivity index is 0.00000166. The summed E-state index contributed by atoms with van der Waals surface area (Å²) in [4.78, 5) is 35.6. The number of allylic oxidation sites excluding steroid dienone is 18. The Labute approximate surface area is 499 Å². The lowest BCUT2D eigenvalue weighted by molar-refractivity contribution is -0.128. The molecule has 84 heavy (non-hydrogen) atoms. The number of nitrogens with two attached hydrogens (primary N) is 1. The summed E-state index contributed by atoms with van der Waals surface area (Å²) in [5, 5.41) is 134. The fourth-order valence-corrected chi connectivity index (χ4v) is 8.45. The first-order valence-electron chi connectivity index (χ1n) is 29.5. The topological polar surface area (TPSA) is 352 Å². The number of unbranched alkanes of at least 4 members (excludes halogenated alkanes) is 1. The van der Waals surface area contributed by atoms with Crippen LogP contribution in [-0.2, 0) is 14.4 Å². The molecule has 1 rings (SSSR count). The highest BCUT2D eigenvalue weighted by Gasteiger charge is 2.27. The number of aliphatic hydroxyl groups excluding tert-OH is 13. The van der Waals surface area contributed by atoms with E-state index in [1.807, 2.05) is 101 Å². The van der Waals surface area contributed by atoms with Gasteiger partial charge >= 0.3 is 0 Å². The first-order chi connectivity index (χ1) is 39.9. The molecule has 0 saturated heterocycles. The van der Waals surface area contributed by atoms with Crippen molar-refractivity contribution >= 4 is 17.5 Å². The molecule has 18 nitrogen and oxygen atoms in total. The molecule has 16 N–H and O–H groups in total. The summed E-state index contributed by atoms with van der Waals surface area (Å²) in [6, 6.07) is 0. The lowest BCUT2D eigenvalue weighted by atomic mass is 9.88. The zero-order chi connectivity index (χ0) is 63.2. The van der Waals surface area contributed by atoms with Crippen LogP contribution in [0.1, 0.15) is 137 Å². The molecular formula is C66H104N2O16. The van der Waals surface area contributed by atoms with E-state index in [0.29, 0.717) is 25.8 Å². The Kier molecular flexibility index (Phi) is 45.8. The van der Waals surface area contributed by atoms with Gasteiger partial charge in [-0.15, -0.1) is 0 Å². The van der Waals surface area contributed by atoms with Gasteiger partial charge in [0.1, 0.15) is 17.2 Å². The van der Waals surface area contributed by atoms with Gasteiger partial charge in [-0.25, -0.2) is 0 Å². The molecule has 0 aromatic rings. The van der Waals surface area contributed by atoms with Crippen LogP contribution in [0, 0.1) is 17.8 Å². The monoisotopic (exact) mass is 1180 g/mol. The molecule has 0 heterocycles. The molecule has 0 spiro atoms. The first kappa shape index (κ1) is 78.7. The van der Waals surface area contributed by atoms with Crippen LogP contribution >= 0.6 is 0 Å². The highest BCUT2D eigenvalue weighted by atomic mass is 16.3. The number of rotatable bonds is 43. The summed E-state index contributed by atoms with van der Waals surface area (Å²) >= 11 is 0. The molecule has 15 atom stereocenters. The van der Waals surface area contributed by atoms with Crippen LogP contribution in [0.4, 0.5) is 0 Å². The number of carbonyl (C=O) groups excluding carboxylic acids is 3. The van der Waals surface area contributed by atoms with Gasteiger partial charge in [0.25, 0.3) is 0 Å². The summed E-state index contributed by atoms with van der Waals surface area (Å²) in [5.74, 6) is -2.13. The summed E-state index contributed by atoms with van der Waals surface area (Å²) < 4.78 is 0. The van der Waals surface area contributed by atoms with Crippen molar-refractivity contribution in [3.63, 3.8) is 0 Å². The minimum absolute atomic E-state index is 0.00599. The van der Waals surface area contributed by atoms with Crippen molar-refractivity contribution in [1.82, 2.24) is 5.32 Å². The fourth-order valence-electron chi connectivity index (χ4n) is 8.45. The van der Waals surface area contributed by atoms with Crippen molar-refractivity contribution in [3.8, 4) is 0 Å². The Hall–Kier alpha value is -5.29. The van der Waals surface area contributed by atoms with Crippen molar-refractivity contribution in [2.24, 2.45) is 23.5 Å². The van der Waals surface area contributed by atoms with E-state index in [1.165, 1.54) is 24.3 Å². The van der Waals surface area contributed by atoms with E-state index in [2.05, 4.69) is 5.32 Å². The van der Waals surface area contributed by atoms with Gasteiger partial charge in [-0.2, -0.15) is 0 Å². The molecule has 15 unspecified atom stereocenters. The quantitative estimate of drug-likeness (QED) is 0.0141. The fraction of sp³-hybridized carbons (Fsp3) is 0.561. The molecule has 1 amide bonds. The van der Waals surface area contributed by atoms with Gasteiger partial charge in [0.15, 0.2) is 5.78 Å². The van der Waals surface area contributed by atoms with E-state index in [1.54, 1.807) is 55.5 Å². The van der Waals surface area contributed by atoms with Crippen LogP contribution in [0.2, 0.25) is 0 Å². The minimum Gasteiger partial charge on any atom is -0.510 e. The zero-order valence-electron chi connectivity index (χ0n) is 50.2. The number of nitrogens with one attached hydrogen (secondary N) is 1. The molecule has 0 radical (unpaired) electrons. The van der Waals surface area contributed by atoms with E-state index in [-0.39, 0.29) is 105 Å². The lowest BCUT2D eigenvalue weighted by Gasteiger charge is -2.25. The third kappa shape index (κ3) is 40.9. The van der Waals surface area contributed by atoms with Crippen molar-refractivity contribution in [2.45, 2.75) is 211 Å². The molecule has 0 saturated carbocycles. The van der Waals surface area contributed by atoms with Gasteiger partial charge in [-0.05, 0) is 91.0 Å². The average Bonchev–Trinajstić information content (AvgIpc) is 3.84. The van der Waals surface area contributed by atoms with Gasteiger partial charge < -0.3 is 77.4 Å². The molecule has 0 aromatic carbocycles. The van der Waals surface area contributed by atoms with Crippen molar-refractivity contribution in [3.05, 3.63) is 157 Å². The van der Waals surface area contributed by atoms with Crippen LogP contribution in [0.5, 0.6) is 0 Å². The second-order valence-corrected chi connectivity index (χ2v) is 21.4. The highest BCUT2D eigenvalue weighted by Crippen LogP contribution is 2.21. The summed E-state index contributed by atoms with van der Waals surface area (Å²) in [6.07, 6.45) is 35.0. The molecule has 0 aliphatic heterocycles. The molecule has 474 valence electrons. The van der Waals surface area contributed by atoms with Gasteiger partial charge in [0.2, 0.25) is 5.91 Å². The number of ketones is 2. The third-order valence-corrected chi connectivity index (χ3v) is 13.6. The summed E-state index contributed by atoms with van der Waals surface area (Å²) in [6.45, 7) is 9.60. The van der Waals surface area contributed by atoms with Crippen molar-refractivity contribution in [2.75, 3.05) is 6.54 Å². The second-order valence-electron chi connectivity index (χ2n) is 21.4. The van der Waals surface area contributed by atoms with Gasteiger partial charge in [-0.3, -0.25) is 14.4 Å². The van der Waals surface area contributed by atoms with E-state index < -0.39 is 85.1 Å². The Bertz CT molecular complexity index is 2210. The van der Waals surface area contributed by atoms with Crippen LogP contribution in [0.25, 0.3) is 0 Å². The van der Waals surface area contributed by atoms with Gasteiger partial charge in [0.05, 0.1) is 73.2 Å². The maximum absolute atomic E-state index is 12.3. The largest absolute Gasteiger partial charge is 0.510 e. The number of aliphatic hydroxyl groups is 13. The van der Waals surface area contributed by atoms with Crippen LogP contribution in [-0.4, -0.2) is 164 Å². The van der Waals surface area contributed by atoms with Crippen molar-refractivity contribution < 1.29 is 80.8 Å². The molecule has 1 aliphatic rings. The Morgan fingerprint density at radius 2 is 1.05 bits per heavy atom. The number of carbonyl (C=O) groups is 3. The Morgan fingerprint density at radius 3 is 1.61 bits per heavy atom. The van der Waals surface area contributed by atoms with Crippen molar-refractivity contribution in [1.29, 1.82) is 0 Å². The normalized spacial score (nSPS) is 19.5. The van der Waals surface area contributed by atoms with E-state index in [9.17, 15) is 80.8 Å².